The summed E-state index contributed by atoms with van der Waals surface area (Å²) >= 11 is 0. The van der Waals surface area contributed by atoms with E-state index in [9.17, 15) is 24.0 Å². The minimum Gasteiger partial charge on any atom is -0.352 e. The topological polar surface area (TPSA) is 125 Å². The first kappa shape index (κ1) is 28.0. The van der Waals surface area contributed by atoms with Gasteiger partial charge in [-0.1, -0.05) is 39.8 Å². The smallest absolute Gasteiger partial charge is 0.243 e. The number of nitrogens with one attached hydrogen (secondary N) is 3. The van der Waals surface area contributed by atoms with E-state index < -0.39 is 18.0 Å². The second-order valence-corrected chi connectivity index (χ2v) is 10.1. The number of imide groups is 1. The Bertz CT molecular complexity index is 970. The molecule has 1 fully saturated rings. The van der Waals surface area contributed by atoms with E-state index in [-0.39, 0.29) is 64.5 Å². The first-order valence-electron chi connectivity index (χ1n) is 12.2. The van der Waals surface area contributed by atoms with Crippen LogP contribution < -0.4 is 20.9 Å². The number of nitrogens with zero attached hydrogens (tertiary/aromatic N) is 1. The van der Waals surface area contributed by atoms with Gasteiger partial charge in [0.05, 0.1) is 18.0 Å². The Morgan fingerprint density at radius 1 is 0.914 bits per heavy atom. The van der Waals surface area contributed by atoms with Crippen LogP contribution in [-0.4, -0.2) is 47.7 Å². The quantitative estimate of drug-likeness (QED) is 0.433. The second kappa shape index (κ2) is 12.0. The van der Waals surface area contributed by atoms with Crippen molar-refractivity contribution in [1.29, 1.82) is 0 Å². The number of amides is 5. The van der Waals surface area contributed by atoms with Crippen molar-refractivity contribution in [3.05, 3.63) is 29.8 Å². The number of hydrogen-bond acceptors (Lipinski definition) is 5. The monoisotopic (exact) mass is 492 g/mol. The van der Waals surface area contributed by atoms with Gasteiger partial charge in [0.15, 0.2) is 0 Å². The van der Waals surface area contributed by atoms with Gasteiger partial charge in [-0.3, -0.25) is 28.9 Å². The molecule has 9 heteroatoms. The Morgan fingerprint density at radius 3 is 2.00 bits per heavy atom. The summed E-state index contributed by atoms with van der Waals surface area (Å²) in [6.45, 7) is 12.7. The molecule has 1 aliphatic heterocycles. The summed E-state index contributed by atoms with van der Waals surface area (Å²) in [6.07, 6.45) is 0.230. The Morgan fingerprint density at radius 2 is 1.51 bits per heavy atom. The fourth-order valence-electron chi connectivity index (χ4n) is 3.93. The van der Waals surface area contributed by atoms with Crippen LogP contribution in [0.15, 0.2) is 24.3 Å². The van der Waals surface area contributed by atoms with Gasteiger partial charge in [0.1, 0.15) is 12.1 Å². The first-order chi connectivity index (χ1) is 16.3. The number of rotatable bonds is 10. The van der Waals surface area contributed by atoms with E-state index in [1.807, 2.05) is 41.5 Å². The normalized spacial score (nSPS) is 17.7. The highest BCUT2D eigenvalue weighted by atomic mass is 16.2. The Labute approximate surface area is 211 Å². The molecule has 35 heavy (non-hydrogen) atoms. The molecule has 0 radical (unpaired) electrons. The summed E-state index contributed by atoms with van der Waals surface area (Å²) in [5.74, 6) is -1.91. The zero-order valence-electron chi connectivity index (χ0n) is 21.7. The number of benzene rings is 1. The van der Waals surface area contributed by atoms with Gasteiger partial charge in [-0.05, 0) is 50.3 Å². The van der Waals surface area contributed by atoms with Gasteiger partial charge in [0.2, 0.25) is 29.5 Å². The third-order valence-electron chi connectivity index (χ3n) is 5.99. The largest absolute Gasteiger partial charge is 0.352 e. The van der Waals surface area contributed by atoms with Crippen LogP contribution in [0.2, 0.25) is 0 Å². The molecule has 1 aromatic carbocycles. The fourth-order valence-corrected chi connectivity index (χ4v) is 3.93. The van der Waals surface area contributed by atoms with E-state index in [0.717, 1.165) is 0 Å². The summed E-state index contributed by atoms with van der Waals surface area (Å²) in [6, 6.07) is 5.12. The minimum atomic E-state index is -0.802. The molecule has 1 aliphatic rings. The van der Waals surface area contributed by atoms with Crippen molar-refractivity contribution in [3.8, 4) is 0 Å². The summed E-state index contributed by atoms with van der Waals surface area (Å²) in [5, 5.41) is 8.15. The molecule has 1 saturated heterocycles. The van der Waals surface area contributed by atoms with Crippen LogP contribution in [0.1, 0.15) is 64.7 Å². The lowest BCUT2D eigenvalue weighted by Gasteiger charge is -2.24. The van der Waals surface area contributed by atoms with Gasteiger partial charge < -0.3 is 16.0 Å². The lowest BCUT2D eigenvalue weighted by atomic mass is 9.94. The van der Waals surface area contributed by atoms with Crippen molar-refractivity contribution in [1.82, 2.24) is 16.0 Å². The molecule has 0 aliphatic carbocycles. The molecule has 1 heterocycles. The van der Waals surface area contributed by atoms with Crippen LogP contribution in [0.5, 0.6) is 0 Å². The summed E-state index contributed by atoms with van der Waals surface area (Å²) in [7, 11) is 0. The van der Waals surface area contributed by atoms with Gasteiger partial charge in [0, 0.05) is 16.7 Å². The van der Waals surface area contributed by atoms with Crippen LogP contribution >= 0.6 is 0 Å². The summed E-state index contributed by atoms with van der Waals surface area (Å²) < 4.78 is 0. The fraction of sp³-hybridized carbons (Fsp3) is 0.577. The van der Waals surface area contributed by atoms with Crippen molar-refractivity contribution < 1.29 is 28.3 Å². The maximum Gasteiger partial charge on any atom is 0.243 e. The molecule has 198 valence electrons. The molecular weight excluding hydrogens is 448 g/mol. The predicted molar refractivity (Wildman–Crippen MR) is 140 cm³/mol. The number of carbonyl (C=O) groups excluding carboxylic acids is 5. The highest BCUT2D eigenvalue weighted by molar-refractivity contribution is 6.21. The second-order valence-electron chi connectivity index (χ2n) is 10.1. The van der Waals surface area contributed by atoms with Gasteiger partial charge >= 0.3 is 0 Å². The highest BCUT2D eigenvalue weighted by Crippen LogP contribution is 2.30. The van der Waals surface area contributed by atoms with E-state index in [0.29, 0.717) is 11.3 Å². The van der Waals surface area contributed by atoms with E-state index in [2.05, 4.69) is 16.0 Å². The number of anilines is 1. The van der Waals surface area contributed by atoms with Crippen molar-refractivity contribution >= 4 is 35.2 Å². The molecule has 3 atom stereocenters. The molecule has 0 saturated carbocycles. The van der Waals surface area contributed by atoms with Crippen LogP contribution in [0.3, 0.4) is 0 Å². The molecule has 9 nitrogen and oxygen atoms in total. The van der Waals surface area contributed by atoms with Crippen LogP contribution in [0.4, 0.5) is 5.69 Å². The van der Waals surface area contributed by atoms with E-state index in [1.165, 1.54) is 4.90 Å². The van der Waals surface area contributed by atoms with E-state index in [1.54, 1.807) is 31.2 Å². The van der Waals surface area contributed by atoms with Crippen molar-refractivity contribution in [2.24, 2.45) is 17.8 Å². The van der Waals surface area contributed by atoms with Crippen molar-refractivity contribution in [2.45, 2.75) is 79.4 Å². The van der Waals surface area contributed by atoms with E-state index in [4.69, 9.17) is 0 Å². The molecule has 1 unspecified atom stereocenters. The van der Waals surface area contributed by atoms with Crippen LogP contribution in [0, 0.1) is 17.8 Å². The first-order valence-corrected chi connectivity index (χ1v) is 12.2. The molecule has 5 amide bonds. The summed E-state index contributed by atoms with van der Waals surface area (Å²) in [4.78, 5) is 63.7. The molecule has 0 bridgehead atoms. The van der Waals surface area contributed by atoms with Crippen LogP contribution in [0.25, 0.3) is 0 Å². The molecular formula is C26H44N4O5. The lowest BCUT2D eigenvalue weighted by molar-refractivity contribution is -0.132. The standard InChI is InChI=1S/C26H38N4O5.3H2/c1-14(2)20-13-22(32)30(26(20)35)19-10-8-18(9-11-19)12-21(31)29-23(15(3)4)25(34)28-17(7)24(33)27-16(5)6;;;/h8-11,14-17,20,23H,12-13H2,1-7H3,(H,27,33)(H,28,34)(H,29,31);3*1H/t17-,20?,23-;;;/m0.../s1. The molecule has 1 aromatic rings. The average Bonchev–Trinajstić information content (AvgIpc) is 3.06. The summed E-state index contributed by atoms with van der Waals surface area (Å²) in [5.41, 5.74) is 1.17. The minimum absolute atomic E-state index is 0. The Kier molecular flexibility index (Phi) is 9.56. The third kappa shape index (κ3) is 7.37. The lowest BCUT2D eigenvalue weighted by Crippen LogP contribution is -2.55. The SMILES string of the molecule is CC(C)NC(=O)[C@H](C)NC(=O)[C@@H](NC(=O)Cc1ccc(N2C(=O)CC(C(C)C)C2=O)cc1)C(C)C.[HH].[HH].[HH]. The molecule has 0 spiro atoms. The molecule has 0 aromatic heterocycles. The van der Waals surface area contributed by atoms with E-state index >= 15 is 0 Å². The zero-order chi connectivity index (χ0) is 26.4. The maximum atomic E-state index is 12.7. The van der Waals surface area contributed by atoms with Crippen molar-refractivity contribution in [3.63, 3.8) is 0 Å². The number of carbonyl (C=O) groups is 5. The van der Waals surface area contributed by atoms with Gasteiger partial charge in [0.25, 0.3) is 0 Å². The third-order valence-corrected chi connectivity index (χ3v) is 5.99. The van der Waals surface area contributed by atoms with Crippen LogP contribution in [-0.2, 0) is 30.4 Å². The predicted octanol–water partition coefficient (Wildman–Crippen LogP) is 2.67. The van der Waals surface area contributed by atoms with Gasteiger partial charge in [-0.2, -0.15) is 0 Å². The maximum absolute atomic E-state index is 12.7. The Balaban J connectivity index is 0. The number of hydrogen-bond donors (Lipinski definition) is 3. The van der Waals surface area contributed by atoms with Gasteiger partial charge in [-0.15, -0.1) is 0 Å². The van der Waals surface area contributed by atoms with Crippen molar-refractivity contribution in [2.75, 3.05) is 4.90 Å². The molecule has 2 rings (SSSR count). The zero-order valence-corrected chi connectivity index (χ0v) is 21.7. The Hall–Kier alpha value is -3.23. The van der Waals surface area contributed by atoms with Gasteiger partial charge in [-0.25, -0.2) is 0 Å². The average molecular weight is 493 g/mol. The highest BCUT2D eigenvalue weighted by Gasteiger charge is 2.40. The molecule has 3 N–H and O–H groups in total.